The minimum Gasteiger partial charge on any atom is -0.469 e. The quantitative estimate of drug-likeness (QED) is 0.595. The van der Waals surface area contributed by atoms with Gasteiger partial charge in [0.25, 0.3) is 0 Å². The normalized spacial score (nSPS) is 30.1. The fraction of sp³-hybridized carbons (Fsp3) is 0.714. The molecule has 1 aromatic rings. The molecule has 1 amide bonds. The molecule has 1 aromatic heterocycles. The number of furan rings is 1. The van der Waals surface area contributed by atoms with E-state index in [1.54, 1.807) is 6.26 Å². The summed E-state index contributed by atoms with van der Waals surface area (Å²) in [7, 11) is 0. The highest BCUT2D eigenvalue weighted by Crippen LogP contribution is 2.44. The predicted octanol–water partition coefficient (Wildman–Crippen LogP) is 2.56. The number of rotatable bonds is 6. The van der Waals surface area contributed by atoms with Gasteiger partial charge in [0.1, 0.15) is 5.76 Å². The van der Waals surface area contributed by atoms with Gasteiger partial charge < -0.3 is 20.0 Å². The highest BCUT2D eigenvalue weighted by atomic mass is 16.3. The van der Waals surface area contributed by atoms with Crippen molar-refractivity contribution >= 4 is 11.9 Å². The van der Waals surface area contributed by atoms with Crippen molar-refractivity contribution in [2.45, 2.75) is 64.0 Å². The number of carbonyl (C=O) groups excluding carboxylic acids is 1. The van der Waals surface area contributed by atoms with E-state index in [0.29, 0.717) is 19.0 Å². The van der Waals surface area contributed by atoms with Crippen molar-refractivity contribution in [2.24, 2.45) is 16.8 Å². The number of fused-ring (bicyclic) bond motifs is 2. The summed E-state index contributed by atoms with van der Waals surface area (Å²) >= 11 is 0. The molecule has 4 rings (SSSR count). The smallest absolute Gasteiger partial charge is 0.222 e. The zero-order valence-electron chi connectivity index (χ0n) is 16.3. The third-order valence-electron chi connectivity index (χ3n) is 6.45. The van der Waals surface area contributed by atoms with E-state index in [9.17, 15) is 4.79 Å². The van der Waals surface area contributed by atoms with Crippen LogP contribution in [0.15, 0.2) is 27.8 Å². The monoisotopic (exact) mass is 372 g/mol. The van der Waals surface area contributed by atoms with Crippen LogP contribution in [0.3, 0.4) is 0 Å². The lowest BCUT2D eigenvalue weighted by molar-refractivity contribution is -0.129. The predicted molar refractivity (Wildman–Crippen MR) is 105 cm³/mol. The Hall–Kier alpha value is -1.98. The molecule has 6 heteroatoms. The maximum atomic E-state index is 12.0. The highest BCUT2D eigenvalue weighted by molar-refractivity contribution is 5.81. The third kappa shape index (κ3) is 4.47. The van der Waals surface area contributed by atoms with E-state index < -0.39 is 0 Å². The molecule has 4 unspecified atom stereocenters. The molecule has 2 aliphatic carbocycles. The first-order chi connectivity index (χ1) is 13.2. The topological polar surface area (TPSA) is 69.9 Å². The number of nitrogens with zero attached hydrogens (tertiary/aromatic N) is 2. The first-order valence-corrected chi connectivity index (χ1v) is 10.6. The van der Waals surface area contributed by atoms with Gasteiger partial charge in [-0.1, -0.05) is 13.3 Å². The number of carbonyl (C=O) groups is 1. The van der Waals surface area contributed by atoms with Crippen molar-refractivity contribution in [3.63, 3.8) is 0 Å². The first kappa shape index (κ1) is 18.4. The Morgan fingerprint density at radius 3 is 2.93 bits per heavy atom. The summed E-state index contributed by atoms with van der Waals surface area (Å²) in [5.41, 5.74) is 0. The summed E-state index contributed by atoms with van der Waals surface area (Å²) in [5, 5.41) is 7.32. The Balaban J connectivity index is 1.35. The summed E-state index contributed by atoms with van der Waals surface area (Å²) in [5.74, 6) is 3.83. The second-order valence-corrected chi connectivity index (χ2v) is 8.31. The van der Waals surface area contributed by atoms with Gasteiger partial charge in [-0.15, -0.1) is 0 Å². The van der Waals surface area contributed by atoms with Crippen LogP contribution in [-0.2, 0) is 11.2 Å². The van der Waals surface area contributed by atoms with Gasteiger partial charge in [-0.05, 0) is 49.7 Å². The third-order valence-corrected chi connectivity index (χ3v) is 6.45. The fourth-order valence-electron chi connectivity index (χ4n) is 4.98. The second-order valence-electron chi connectivity index (χ2n) is 8.31. The van der Waals surface area contributed by atoms with E-state index in [2.05, 4.69) is 10.6 Å². The van der Waals surface area contributed by atoms with Crippen molar-refractivity contribution in [1.82, 2.24) is 15.5 Å². The van der Waals surface area contributed by atoms with Crippen molar-refractivity contribution in [2.75, 3.05) is 19.6 Å². The van der Waals surface area contributed by atoms with Crippen LogP contribution in [0.5, 0.6) is 0 Å². The molecule has 0 radical (unpaired) electrons. The molecule has 148 valence electrons. The van der Waals surface area contributed by atoms with Crippen LogP contribution in [0.25, 0.3) is 0 Å². The first-order valence-electron chi connectivity index (χ1n) is 10.6. The van der Waals surface area contributed by atoms with E-state index in [1.165, 1.54) is 25.7 Å². The van der Waals surface area contributed by atoms with Gasteiger partial charge in [0.15, 0.2) is 5.96 Å². The average Bonchev–Trinajstić information content (AvgIpc) is 3.45. The summed E-state index contributed by atoms with van der Waals surface area (Å²) in [6, 6.07) is 4.75. The van der Waals surface area contributed by atoms with E-state index in [-0.39, 0.29) is 11.9 Å². The van der Waals surface area contributed by atoms with E-state index >= 15 is 0 Å². The van der Waals surface area contributed by atoms with Gasteiger partial charge in [-0.25, -0.2) is 0 Å². The molecule has 1 aliphatic heterocycles. The Morgan fingerprint density at radius 2 is 2.22 bits per heavy atom. The second kappa shape index (κ2) is 8.36. The standard InChI is InChI=1S/C21H32N4O2/c1-2-20(26)25-10-8-17(14-25)23-21(22-9-7-18-4-3-11-27-18)24-19-13-15-5-6-16(19)12-15/h3-4,11,15-17,19H,2,5-10,12-14H2,1H3,(H2,22,23,24). The lowest BCUT2D eigenvalue weighted by Crippen LogP contribution is -2.50. The highest BCUT2D eigenvalue weighted by Gasteiger charge is 2.40. The molecule has 4 atom stereocenters. The number of hydrogen-bond acceptors (Lipinski definition) is 3. The molecular formula is C21H32N4O2. The van der Waals surface area contributed by atoms with Crippen molar-refractivity contribution in [3.05, 3.63) is 24.2 Å². The van der Waals surface area contributed by atoms with Crippen LogP contribution < -0.4 is 10.6 Å². The van der Waals surface area contributed by atoms with Crippen LogP contribution in [0, 0.1) is 11.8 Å². The molecule has 0 spiro atoms. The van der Waals surface area contributed by atoms with E-state index in [1.807, 2.05) is 24.0 Å². The van der Waals surface area contributed by atoms with Gasteiger partial charge >= 0.3 is 0 Å². The Bertz CT molecular complexity index is 657. The Morgan fingerprint density at radius 1 is 1.30 bits per heavy atom. The zero-order valence-corrected chi connectivity index (χ0v) is 16.3. The van der Waals surface area contributed by atoms with Gasteiger partial charge in [0.05, 0.1) is 6.26 Å². The Labute approximate surface area is 161 Å². The number of likely N-dealkylation sites (tertiary alicyclic amines) is 1. The van der Waals surface area contributed by atoms with Crippen molar-refractivity contribution in [1.29, 1.82) is 0 Å². The summed E-state index contributed by atoms with van der Waals surface area (Å²) < 4.78 is 5.42. The number of guanidine groups is 1. The summed E-state index contributed by atoms with van der Waals surface area (Å²) in [6.07, 6.45) is 9.49. The van der Waals surface area contributed by atoms with Crippen LogP contribution >= 0.6 is 0 Å². The van der Waals surface area contributed by atoms with E-state index in [0.717, 1.165) is 49.5 Å². The molecule has 0 aromatic carbocycles. The zero-order chi connectivity index (χ0) is 18.6. The maximum Gasteiger partial charge on any atom is 0.222 e. The van der Waals surface area contributed by atoms with Crippen molar-refractivity contribution in [3.8, 4) is 0 Å². The molecule has 2 N–H and O–H groups in total. The van der Waals surface area contributed by atoms with Gasteiger partial charge in [-0.2, -0.15) is 0 Å². The van der Waals surface area contributed by atoms with Crippen LogP contribution in [0.2, 0.25) is 0 Å². The number of aliphatic imine (C=N–C) groups is 1. The molecule has 27 heavy (non-hydrogen) atoms. The molecule has 2 saturated carbocycles. The lowest BCUT2D eigenvalue weighted by Gasteiger charge is -2.27. The number of amides is 1. The Kier molecular flexibility index (Phi) is 5.69. The maximum absolute atomic E-state index is 12.0. The minimum absolute atomic E-state index is 0.247. The summed E-state index contributed by atoms with van der Waals surface area (Å²) in [4.78, 5) is 18.8. The molecule has 3 fully saturated rings. The van der Waals surface area contributed by atoms with Crippen LogP contribution in [-0.4, -0.2) is 48.5 Å². The van der Waals surface area contributed by atoms with Crippen LogP contribution in [0.4, 0.5) is 0 Å². The molecule has 2 bridgehead atoms. The molecule has 2 heterocycles. The van der Waals surface area contributed by atoms with Gasteiger partial charge in [0, 0.05) is 44.6 Å². The largest absolute Gasteiger partial charge is 0.469 e. The summed E-state index contributed by atoms with van der Waals surface area (Å²) in [6.45, 7) is 4.26. The lowest BCUT2D eigenvalue weighted by atomic mass is 9.95. The van der Waals surface area contributed by atoms with Crippen molar-refractivity contribution < 1.29 is 9.21 Å². The molecular weight excluding hydrogens is 340 g/mol. The molecule has 6 nitrogen and oxygen atoms in total. The molecule has 1 saturated heterocycles. The minimum atomic E-state index is 0.247. The average molecular weight is 373 g/mol. The van der Waals surface area contributed by atoms with Gasteiger partial charge in [-0.3, -0.25) is 9.79 Å². The fourth-order valence-corrected chi connectivity index (χ4v) is 4.98. The van der Waals surface area contributed by atoms with Crippen LogP contribution in [0.1, 0.15) is 51.2 Å². The number of hydrogen-bond donors (Lipinski definition) is 2. The van der Waals surface area contributed by atoms with E-state index in [4.69, 9.17) is 9.41 Å². The van der Waals surface area contributed by atoms with Gasteiger partial charge in [0.2, 0.25) is 5.91 Å². The SMILES string of the molecule is CCC(=O)N1CCC(NC(=NCCc2ccco2)NC2CC3CCC2C3)C1. The number of nitrogens with one attached hydrogen (secondary N) is 2. The molecule has 3 aliphatic rings.